The monoisotopic (exact) mass is 396 g/mol. The first kappa shape index (κ1) is 19.5. The Morgan fingerprint density at radius 1 is 1.10 bits per heavy atom. The van der Waals surface area contributed by atoms with Crippen LogP contribution in [0.2, 0.25) is 0 Å². The molecule has 0 spiro atoms. The Morgan fingerprint density at radius 2 is 1.83 bits per heavy atom. The van der Waals surface area contributed by atoms with Crippen LogP contribution in [-0.4, -0.2) is 69.4 Å². The zero-order chi connectivity index (χ0) is 20.2. The minimum absolute atomic E-state index is 0.137. The highest BCUT2D eigenvalue weighted by atomic mass is 16.2. The Morgan fingerprint density at radius 3 is 2.55 bits per heavy atom. The largest absolute Gasteiger partial charge is 0.368 e. The van der Waals surface area contributed by atoms with E-state index in [-0.39, 0.29) is 11.9 Å². The van der Waals surface area contributed by atoms with Gasteiger partial charge in [-0.1, -0.05) is 18.2 Å². The topological polar surface area (TPSA) is 112 Å². The average molecular weight is 396 g/mol. The van der Waals surface area contributed by atoms with Crippen LogP contribution in [0.3, 0.4) is 0 Å². The lowest BCUT2D eigenvalue weighted by Gasteiger charge is -2.33. The molecule has 1 aromatic carbocycles. The van der Waals surface area contributed by atoms with E-state index in [0.717, 1.165) is 50.3 Å². The molecule has 0 radical (unpaired) electrons. The molecule has 1 aliphatic heterocycles. The highest BCUT2D eigenvalue weighted by Crippen LogP contribution is 2.19. The summed E-state index contributed by atoms with van der Waals surface area (Å²) >= 11 is 0. The Labute approximate surface area is 170 Å². The van der Waals surface area contributed by atoms with E-state index in [4.69, 9.17) is 5.73 Å². The van der Waals surface area contributed by atoms with E-state index in [9.17, 15) is 4.79 Å². The van der Waals surface area contributed by atoms with Crippen molar-refractivity contribution < 1.29 is 4.79 Å². The molecule has 4 rings (SSSR count). The van der Waals surface area contributed by atoms with E-state index in [2.05, 4.69) is 35.4 Å². The van der Waals surface area contributed by atoms with Gasteiger partial charge >= 0.3 is 0 Å². The average Bonchev–Trinajstić information content (AvgIpc) is 3.49. The second-order valence-electron chi connectivity index (χ2n) is 7.77. The third-order valence-electron chi connectivity index (χ3n) is 5.23. The molecule has 2 heterocycles. The van der Waals surface area contributed by atoms with Crippen LogP contribution in [0.5, 0.6) is 0 Å². The van der Waals surface area contributed by atoms with Crippen molar-refractivity contribution in [2.45, 2.75) is 32.4 Å². The minimum Gasteiger partial charge on any atom is -0.368 e. The normalized spacial score (nSPS) is 17.8. The number of aromatic nitrogens is 3. The molecule has 29 heavy (non-hydrogen) atoms. The molecule has 4 N–H and O–H groups in total. The van der Waals surface area contributed by atoms with Gasteiger partial charge in [0.15, 0.2) is 0 Å². The second kappa shape index (κ2) is 8.71. The number of nitrogens with two attached hydrogens (primary N) is 1. The number of hydrogen-bond donors (Lipinski definition) is 3. The molecule has 9 heteroatoms. The smallest absolute Gasteiger partial charge is 0.234 e. The number of anilines is 3. The van der Waals surface area contributed by atoms with Crippen molar-refractivity contribution in [1.82, 2.24) is 30.1 Å². The number of carbonyl (C=O) groups is 1. The molecule has 2 aromatic rings. The summed E-state index contributed by atoms with van der Waals surface area (Å²) in [6.07, 6.45) is 2.24. The third kappa shape index (κ3) is 5.61. The fourth-order valence-corrected chi connectivity index (χ4v) is 3.41. The minimum atomic E-state index is 0.137. The van der Waals surface area contributed by atoms with Crippen molar-refractivity contribution in [3.05, 3.63) is 35.7 Å². The number of amides is 1. The fourth-order valence-electron chi connectivity index (χ4n) is 3.41. The molecular formula is C20H28N8O. The number of piperazine rings is 1. The zero-order valence-corrected chi connectivity index (χ0v) is 16.8. The molecule has 154 valence electrons. The van der Waals surface area contributed by atoms with Gasteiger partial charge in [-0.2, -0.15) is 15.0 Å². The maximum Gasteiger partial charge on any atom is 0.234 e. The van der Waals surface area contributed by atoms with Crippen LogP contribution in [-0.2, 0) is 11.3 Å². The standard InChI is InChI=1S/C20H28N8O/c1-14-4-2-3-5-16(14)23-20-25-17(24-19(21)26-20)12-27-8-10-28(11-9-27)13-18(29)22-15-6-7-15/h2-5,15H,6-13H2,1H3,(H,22,29)(H3,21,23,24,25,26). The first-order valence-corrected chi connectivity index (χ1v) is 10.1. The Balaban J connectivity index is 1.31. The lowest BCUT2D eigenvalue weighted by Crippen LogP contribution is -2.49. The first-order chi connectivity index (χ1) is 14.0. The molecule has 0 atom stereocenters. The summed E-state index contributed by atoms with van der Waals surface area (Å²) in [6, 6.07) is 8.38. The van der Waals surface area contributed by atoms with Crippen molar-refractivity contribution in [3.8, 4) is 0 Å². The highest BCUT2D eigenvalue weighted by Gasteiger charge is 2.25. The van der Waals surface area contributed by atoms with Gasteiger partial charge in [-0.3, -0.25) is 14.6 Å². The summed E-state index contributed by atoms with van der Waals surface area (Å²) in [5.74, 6) is 1.45. The maximum absolute atomic E-state index is 12.0. The summed E-state index contributed by atoms with van der Waals surface area (Å²) in [5, 5.41) is 6.27. The van der Waals surface area contributed by atoms with Crippen molar-refractivity contribution in [3.63, 3.8) is 0 Å². The number of hydrogen-bond acceptors (Lipinski definition) is 8. The van der Waals surface area contributed by atoms with Gasteiger partial charge in [-0.25, -0.2) is 0 Å². The summed E-state index contributed by atoms with van der Waals surface area (Å²) in [5.41, 5.74) is 7.96. The molecule has 2 fully saturated rings. The Bertz CT molecular complexity index is 861. The zero-order valence-electron chi connectivity index (χ0n) is 16.8. The predicted octanol–water partition coefficient (Wildman–Crippen LogP) is 0.902. The molecule has 1 amide bonds. The number of nitrogen functional groups attached to an aromatic ring is 1. The van der Waals surface area contributed by atoms with Crippen LogP contribution >= 0.6 is 0 Å². The van der Waals surface area contributed by atoms with Crippen LogP contribution in [0.4, 0.5) is 17.6 Å². The van der Waals surface area contributed by atoms with Crippen molar-refractivity contribution in [2.75, 3.05) is 43.8 Å². The number of benzene rings is 1. The molecule has 2 aliphatic rings. The molecule has 1 aliphatic carbocycles. The number of para-hydroxylation sites is 1. The van der Waals surface area contributed by atoms with Gasteiger partial charge < -0.3 is 16.4 Å². The second-order valence-corrected chi connectivity index (χ2v) is 7.77. The lowest BCUT2D eigenvalue weighted by atomic mass is 10.2. The summed E-state index contributed by atoms with van der Waals surface area (Å²) < 4.78 is 0. The van der Waals surface area contributed by atoms with Crippen molar-refractivity contribution >= 4 is 23.5 Å². The van der Waals surface area contributed by atoms with Gasteiger partial charge in [0.2, 0.25) is 17.8 Å². The van der Waals surface area contributed by atoms with E-state index < -0.39 is 0 Å². The van der Waals surface area contributed by atoms with E-state index in [1.807, 2.05) is 31.2 Å². The Hall–Kier alpha value is -2.78. The van der Waals surface area contributed by atoms with Crippen LogP contribution in [0.15, 0.2) is 24.3 Å². The number of nitrogens with one attached hydrogen (secondary N) is 2. The highest BCUT2D eigenvalue weighted by molar-refractivity contribution is 5.78. The molecule has 1 saturated carbocycles. The van der Waals surface area contributed by atoms with Gasteiger partial charge in [-0.15, -0.1) is 0 Å². The van der Waals surface area contributed by atoms with E-state index in [0.29, 0.717) is 30.9 Å². The molecule has 1 saturated heterocycles. The first-order valence-electron chi connectivity index (χ1n) is 10.1. The fraction of sp³-hybridized carbons (Fsp3) is 0.500. The van der Waals surface area contributed by atoms with Gasteiger partial charge in [0.1, 0.15) is 5.82 Å². The van der Waals surface area contributed by atoms with Crippen LogP contribution in [0.1, 0.15) is 24.2 Å². The van der Waals surface area contributed by atoms with Gasteiger partial charge in [-0.05, 0) is 31.4 Å². The van der Waals surface area contributed by atoms with Gasteiger partial charge in [0.25, 0.3) is 0 Å². The molecular weight excluding hydrogens is 368 g/mol. The molecule has 0 bridgehead atoms. The Kier molecular flexibility index (Phi) is 5.86. The maximum atomic E-state index is 12.0. The number of rotatable bonds is 7. The van der Waals surface area contributed by atoms with Gasteiger partial charge in [0, 0.05) is 37.9 Å². The molecule has 0 unspecified atom stereocenters. The number of nitrogens with zero attached hydrogens (tertiary/aromatic N) is 5. The van der Waals surface area contributed by atoms with E-state index >= 15 is 0 Å². The van der Waals surface area contributed by atoms with Crippen LogP contribution in [0.25, 0.3) is 0 Å². The van der Waals surface area contributed by atoms with Crippen LogP contribution in [0, 0.1) is 6.92 Å². The molecule has 9 nitrogen and oxygen atoms in total. The quantitative estimate of drug-likeness (QED) is 0.633. The lowest BCUT2D eigenvalue weighted by molar-refractivity contribution is -0.122. The molecule has 1 aromatic heterocycles. The van der Waals surface area contributed by atoms with E-state index in [1.54, 1.807) is 0 Å². The van der Waals surface area contributed by atoms with Crippen molar-refractivity contribution in [1.29, 1.82) is 0 Å². The van der Waals surface area contributed by atoms with Crippen molar-refractivity contribution in [2.24, 2.45) is 0 Å². The SMILES string of the molecule is Cc1ccccc1Nc1nc(N)nc(CN2CCN(CC(=O)NC3CC3)CC2)n1. The number of aryl methyl sites for hydroxylation is 1. The van der Waals surface area contributed by atoms with Crippen LogP contribution < -0.4 is 16.4 Å². The summed E-state index contributed by atoms with van der Waals surface area (Å²) in [6.45, 7) is 6.55. The third-order valence-corrected chi connectivity index (χ3v) is 5.23. The predicted molar refractivity (Wildman–Crippen MR) is 112 cm³/mol. The summed E-state index contributed by atoms with van der Waals surface area (Å²) in [4.78, 5) is 29.5. The van der Waals surface area contributed by atoms with E-state index in [1.165, 1.54) is 0 Å². The summed E-state index contributed by atoms with van der Waals surface area (Å²) in [7, 11) is 0. The van der Waals surface area contributed by atoms with Gasteiger partial charge in [0.05, 0.1) is 13.1 Å². The number of carbonyl (C=O) groups excluding carboxylic acids is 1.